The van der Waals surface area contributed by atoms with Gasteiger partial charge in [-0.05, 0) is 74.6 Å². The lowest BCUT2D eigenvalue weighted by Gasteiger charge is -2.33. The molecular weight excluding hydrogens is 614 g/mol. The maximum absolute atomic E-state index is 14.2. The van der Waals surface area contributed by atoms with Crippen molar-refractivity contribution in [1.29, 1.82) is 0 Å². The van der Waals surface area contributed by atoms with E-state index in [0.29, 0.717) is 12.1 Å². The first kappa shape index (κ1) is 31.8. The number of carbonyl (C=O) groups is 2. The monoisotopic (exact) mass is 653 g/mol. The number of rotatable bonds is 11. The van der Waals surface area contributed by atoms with Crippen LogP contribution in [0.2, 0.25) is 0 Å². The van der Waals surface area contributed by atoms with Crippen LogP contribution in [0.4, 0.5) is 5.69 Å². The molecule has 7 nitrogen and oxygen atoms in total. The van der Waals surface area contributed by atoms with Gasteiger partial charge >= 0.3 is 0 Å². The molecule has 1 aliphatic rings. The lowest BCUT2D eigenvalue weighted by Crippen LogP contribution is -2.53. The Morgan fingerprint density at radius 1 is 0.976 bits per heavy atom. The minimum atomic E-state index is -4.10. The molecule has 3 aromatic rings. The Labute approximate surface area is 258 Å². The molecule has 0 saturated heterocycles. The summed E-state index contributed by atoms with van der Waals surface area (Å²) in [6, 6.07) is 20.7. The van der Waals surface area contributed by atoms with Crippen LogP contribution in [0, 0.1) is 6.92 Å². The van der Waals surface area contributed by atoms with Crippen LogP contribution in [0.25, 0.3) is 0 Å². The number of hydrogen-bond acceptors (Lipinski definition) is 4. The van der Waals surface area contributed by atoms with Crippen LogP contribution < -0.4 is 9.62 Å². The molecule has 1 aliphatic carbocycles. The molecule has 224 valence electrons. The van der Waals surface area contributed by atoms with E-state index >= 15 is 0 Å². The molecule has 1 atom stereocenters. The normalized spacial score (nSPS) is 14.7. The molecule has 9 heteroatoms. The topological polar surface area (TPSA) is 86.8 Å². The number of anilines is 1. The molecule has 0 radical (unpaired) electrons. The molecular formula is C33H40BrN3O4S. The largest absolute Gasteiger partial charge is 0.352 e. The Balaban J connectivity index is 1.70. The van der Waals surface area contributed by atoms with Crippen LogP contribution in [0.5, 0.6) is 0 Å². The summed E-state index contributed by atoms with van der Waals surface area (Å²) in [6.07, 6.45) is 5.75. The van der Waals surface area contributed by atoms with Crippen LogP contribution in [0.1, 0.15) is 62.6 Å². The maximum Gasteiger partial charge on any atom is 0.264 e. The standard InChI is InChI=1S/C33H40BrN3O4S/c1-4-27-12-8-9-16-31(27)37(42(40,41)30-19-17-24(2)18-20-30)23-32(38)36(22-26-11-10-13-28(34)21-26)25(3)33(39)35-29-14-6-5-7-15-29/h8-13,16-21,25,29H,4-7,14-15,22-23H2,1-3H3,(H,35,39)/t25-/m0/s1. The number of sulfonamides is 1. The Morgan fingerprint density at radius 2 is 1.67 bits per heavy atom. The molecule has 1 saturated carbocycles. The lowest BCUT2D eigenvalue weighted by atomic mass is 9.95. The van der Waals surface area contributed by atoms with Gasteiger partial charge in [0.1, 0.15) is 12.6 Å². The average Bonchev–Trinajstić information content (AvgIpc) is 2.99. The number of benzene rings is 3. The molecule has 2 amide bonds. The third-order valence-electron chi connectivity index (χ3n) is 7.89. The van der Waals surface area contributed by atoms with E-state index in [0.717, 1.165) is 46.8 Å². The van der Waals surface area contributed by atoms with Crippen LogP contribution >= 0.6 is 15.9 Å². The molecule has 0 heterocycles. The van der Waals surface area contributed by atoms with E-state index in [2.05, 4.69) is 21.2 Å². The van der Waals surface area contributed by atoms with Crippen molar-refractivity contribution in [3.63, 3.8) is 0 Å². The van der Waals surface area contributed by atoms with Gasteiger partial charge in [0, 0.05) is 17.1 Å². The van der Waals surface area contributed by atoms with Gasteiger partial charge in [0.2, 0.25) is 11.8 Å². The Morgan fingerprint density at radius 3 is 2.33 bits per heavy atom. The van der Waals surface area contributed by atoms with Crippen molar-refractivity contribution < 1.29 is 18.0 Å². The fraction of sp³-hybridized carbons (Fsp3) is 0.394. The first-order valence-electron chi connectivity index (χ1n) is 14.6. The van der Waals surface area contributed by atoms with Crippen LogP contribution in [-0.4, -0.2) is 43.8 Å². The van der Waals surface area contributed by atoms with Gasteiger partial charge in [-0.15, -0.1) is 0 Å². The number of aryl methyl sites for hydroxylation is 2. The summed E-state index contributed by atoms with van der Waals surface area (Å²) in [7, 11) is -4.10. The lowest BCUT2D eigenvalue weighted by molar-refractivity contribution is -0.139. The summed E-state index contributed by atoms with van der Waals surface area (Å²) >= 11 is 3.49. The molecule has 0 unspecified atom stereocenters. The minimum Gasteiger partial charge on any atom is -0.352 e. The van der Waals surface area contributed by atoms with Gasteiger partial charge in [-0.25, -0.2) is 8.42 Å². The number of para-hydroxylation sites is 1. The number of amides is 2. The fourth-order valence-electron chi connectivity index (χ4n) is 5.39. The van der Waals surface area contributed by atoms with E-state index in [1.807, 2.05) is 50.2 Å². The quantitative estimate of drug-likeness (QED) is 0.260. The molecule has 0 aliphatic heterocycles. The van der Waals surface area contributed by atoms with Gasteiger partial charge in [-0.3, -0.25) is 13.9 Å². The van der Waals surface area contributed by atoms with Crippen molar-refractivity contribution >= 4 is 43.5 Å². The zero-order valence-electron chi connectivity index (χ0n) is 24.6. The number of hydrogen-bond donors (Lipinski definition) is 1. The predicted molar refractivity (Wildman–Crippen MR) is 171 cm³/mol. The first-order chi connectivity index (χ1) is 20.1. The minimum absolute atomic E-state index is 0.0892. The van der Waals surface area contributed by atoms with E-state index in [4.69, 9.17) is 0 Å². The van der Waals surface area contributed by atoms with E-state index in [9.17, 15) is 18.0 Å². The van der Waals surface area contributed by atoms with Crippen molar-refractivity contribution in [2.75, 3.05) is 10.8 Å². The highest BCUT2D eigenvalue weighted by Gasteiger charge is 2.34. The van der Waals surface area contributed by atoms with Gasteiger partial charge in [0.25, 0.3) is 10.0 Å². The summed E-state index contributed by atoms with van der Waals surface area (Å²) in [5.41, 5.74) is 3.03. The molecule has 42 heavy (non-hydrogen) atoms. The van der Waals surface area contributed by atoms with Crippen molar-refractivity contribution in [1.82, 2.24) is 10.2 Å². The average molecular weight is 655 g/mol. The van der Waals surface area contributed by atoms with Crippen LogP contribution in [0.3, 0.4) is 0 Å². The Hall–Kier alpha value is -3.17. The smallest absolute Gasteiger partial charge is 0.264 e. The van der Waals surface area contributed by atoms with Crippen molar-refractivity contribution in [3.05, 3.63) is 94.0 Å². The Bertz CT molecular complexity index is 1490. The second kappa shape index (κ2) is 14.3. The van der Waals surface area contributed by atoms with Gasteiger partial charge in [-0.2, -0.15) is 0 Å². The summed E-state index contributed by atoms with van der Waals surface area (Å²) in [4.78, 5) is 29.3. The highest BCUT2D eigenvalue weighted by atomic mass is 79.9. The molecule has 4 rings (SSSR count). The molecule has 0 bridgehead atoms. The van der Waals surface area contributed by atoms with E-state index in [1.54, 1.807) is 43.3 Å². The van der Waals surface area contributed by atoms with Gasteiger partial charge in [0.15, 0.2) is 0 Å². The van der Waals surface area contributed by atoms with Crippen molar-refractivity contribution in [2.24, 2.45) is 0 Å². The molecule has 3 aromatic carbocycles. The number of nitrogens with zero attached hydrogens (tertiary/aromatic N) is 2. The van der Waals surface area contributed by atoms with E-state index < -0.39 is 28.5 Å². The zero-order chi connectivity index (χ0) is 30.3. The maximum atomic E-state index is 14.2. The third kappa shape index (κ3) is 7.81. The second-order valence-electron chi connectivity index (χ2n) is 11.0. The van der Waals surface area contributed by atoms with Crippen LogP contribution in [-0.2, 0) is 32.6 Å². The highest BCUT2D eigenvalue weighted by molar-refractivity contribution is 9.10. The predicted octanol–water partition coefficient (Wildman–Crippen LogP) is 6.38. The third-order valence-corrected chi connectivity index (χ3v) is 10.2. The van der Waals surface area contributed by atoms with Crippen molar-refractivity contribution in [2.45, 2.75) is 82.8 Å². The summed E-state index contributed by atoms with van der Waals surface area (Å²) in [5.74, 6) is -0.685. The van der Waals surface area contributed by atoms with E-state index in [1.165, 1.54) is 15.6 Å². The highest BCUT2D eigenvalue weighted by Crippen LogP contribution is 2.29. The molecule has 1 fully saturated rings. The molecule has 0 aromatic heterocycles. The van der Waals surface area contributed by atoms with Crippen LogP contribution in [0.15, 0.2) is 82.2 Å². The SMILES string of the molecule is CCc1ccccc1N(CC(=O)N(Cc1cccc(Br)c1)[C@@H](C)C(=O)NC1CCCCC1)S(=O)(=O)c1ccc(C)cc1. The molecule has 0 spiro atoms. The van der Waals surface area contributed by atoms with Gasteiger partial charge < -0.3 is 10.2 Å². The summed E-state index contributed by atoms with van der Waals surface area (Å²) < 4.78 is 30.3. The fourth-order valence-corrected chi connectivity index (χ4v) is 7.29. The number of halogens is 1. The Kier molecular flexibility index (Phi) is 10.8. The van der Waals surface area contributed by atoms with Gasteiger partial charge in [-0.1, -0.05) is 90.1 Å². The zero-order valence-corrected chi connectivity index (χ0v) is 27.0. The van der Waals surface area contributed by atoms with Crippen molar-refractivity contribution in [3.8, 4) is 0 Å². The molecule has 1 N–H and O–H groups in total. The summed E-state index contributed by atoms with van der Waals surface area (Å²) in [5, 5.41) is 3.14. The van der Waals surface area contributed by atoms with E-state index in [-0.39, 0.29) is 23.4 Å². The number of nitrogens with one attached hydrogen (secondary N) is 1. The number of carbonyl (C=O) groups excluding carboxylic acids is 2. The summed E-state index contributed by atoms with van der Waals surface area (Å²) in [6.45, 7) is 5.28. The first-order valence-corrected chi connectivity index (χ1v) is 16.8. The van der Waals surface area contributed by atoms with Gasteiger partial charge in [0.05, 0.1) is 10.6 Å². The second-order valence-corrected chi connectivity index (χ2v) is 13.8.